The zero-order valence-electron chi connectivity index (χ0n) is 19.5. The fourth-order valence-corrected chi connectivity index (χ4v) is 3.66. The quantitative estimate of drug-likeness (QED) is 0.218. The van der Waals surface area contributed by atoms with Crippen LogP contribution in [0.25, 0.3) is 0 Å². The van der Waals surface area contributed by atoms with E-state index in [-0.39, 0.29) is 30.1 Å². The Hall–Kier alpha value is -2.00. The highest BCUT2D eigenvalue weighted by molar-refractivity contribution is 14.0. The van der Waals surface area contributed by atoms with Crippen LogP contribution in [0.5, 0.6) is 11.5 Å². The summed E-state index contributed by atoms with van der Waals surface area (Å²) >= 11 is 0. The third-order valence-electron chi connectivity index (χ3n) is 5.39. The molecule has 0 amide bonds. The van der Waals surface area contributed by atoms with Gasteiger partial charge in [-0.1, -0.05) is 30.3 Å². The molecule has 0 unspecified atom stereocenters. The molecule has 6 nitrogen and oxygen atoms in total. The molecule has 0 bridgehead atoms. The van der Waals surface area contributed by atoms with Gasteiger partial charge in [-0.05, 0) is 50.3 Å². The zero-order valence-corrected chi connectivity index (χ0v) is 21.8. The molecule has 1 aliphatic heterocycles. The summed E-state index contributed by atoms with van der Waals surface area (Å²) in [5, 5.41) is 3.49. The smallest absolute Gasteiger partial charge is 0.193 e. The summed E-state index contributed by atoms with van der Waals surface area (Å²) in [5.74, 6) is 2.82. The Morgan fingerprint density at radius 2 is 1.72 bits per heavy atom. The van der Waals surface area contributed by atoms with Crippen LogP contribution in [0.4, 0.5) is 0 Å². The van der Waals surface area contributed by atoms with E-state index in [1.54, 1.807) is 0 Å². The van der Waals surface area contributed by atoms with Crippen LogP contribution in [0, 0.1) is 0 Å². The van der Waals surface area contributed by atoms with Crippen LogP contribution >= 0.6 is 24.0 Å². The van der Waals surface area contributed by atoms with Crippen LogP contribution in [0.15, 0.2) is 59.6 Å². The number of nitrogens with one attached hydrogen (secondary N) is 1. The van der Waals surface area contributed by atoms with Gasteiger partial charge in [-0.2, -0.15) is 0 Å². The number of hydrogen-bond donors (Lipinski definition) is 1. The second kappa shape index (κ2) is 14.2. The summed E-state index contributed by atoms with van der Waals surface area (Å²) in [6.07, 6.45) is 3.28. The van der Waals surface area contributed by atoms with Gasteiger partial charge in [0.05, 0.1) is 6.61 Å². The van der Waals surface area contributed by atoms with E-state index >= 15 is 0 Å². The maximum Gasteiger partial charge on any atom is 0.193 e. The van der Waals surface area contributed by atoms with Crippen LogP contribution < -0.4 is 14.8 Å². The van der Waals surface area contributed by atoms with Gasteiger partial charge in [0, 0.05) is 46.1 Å². The first kappa shape index (κ1) is 26.3. The Bertz CT molecular complexity index is 791. The molecule has 0 spiro atoms. The fraction of sp³-hybridized carbons (Fsp3) is 0.480. The molecular formula is C25H37IN4O2. The highest BCUT2D eigenvalue weighted by atomic mass is 127. The van der Waals surface area contributed by atoms with Crippen LogP contribution in [-0.2, 0) is 6.54 Å². The highest BCUT2D eigenvalue weighted by Gasteiger charge is 2.22. The molecule has 1 saturated heterocycles. The Balaban J connectivity index is 0.00000363. The topological polar surface area (TPSA) is 49.3 Å². The first-order valence-corrected chi connectivity index (χ1v) is 11.2. The predicted molar refractivity (Wildman–Crippen MR) is 142 cm³/mol. The number of rotatable bonds is 9. The maximum atomic E-state index is 6.10. The number of piperidine rings is 1. The number of hydrogen-bond acceptors (Lipinski definition) is 4. The largest absolute Gasteiger partial charge is 0.494 e. The standard InChI is InChI=1S/C25H36N4O2.HI/c1-26-25(29-17-14-24(15-18-29)31-23-8-5-4-6-9-23)27-20-21-10-12-22(13-11-21)30-19-7-16-28(2)3;/h4-6,8-13,24H,7,14-20H2,1-3H3,(H,26,27);1H. The molecule has 1 aliphatic rings. The molecule has 1 N–H and O–H groups in total. The monoisotopic (exact) mass is 552 g/mol. The number of halogens is 1. The average Bonchev–Trinajstić information content (AvgIpc) is 2.79. The molecular weight excluding hydrogens is 515 g/mol. The summed E-state index contributed by atoms with van der Waals surface area (Å²) in [5.41, 5.74) is 1.21. The average molecular weight is 553 g/mol. The van der Waals surface area contributed by atoms with Gasteiger partial charge in [0.1, 0.15) is 17.6 Å². The Kier molecular flexibility index (Phi) is 11.7. The van der Waals surface area contributed by atoms with Crippen molar-refractivity contribution in [2.24, 2.45) is 4.99 Å². The molecule has 0 atom stereocenters. The van der Waals surface area contributed by atoms with Gasteiger partial charge in [0.15, 0.2) is 5.96 Å². The van der Waals surface area contributed by atoms with Crippen molar-refractivity contribution in [3.05, 3.63) is 60.2 Å². The van der Waals surface area contributed by atoms with Crippen molar-refractivity contribution in [1.29, 1.82) is 0 Å². The number of nitrogens with zero attached hydrogens (tertiary/aromatic N) is 3. The lowest BCUT2D eigenvalue weighted by Gasteiger charge is -2.34. The third kappa shape index (κ3) is 8.86. The zero-order chi connectivity index (χ0) is 21.9. The molecule has 32 heavy (non-hydrogen) atoms. The molecule has 0 radical (unpaired) electrons. The van der Waals surface area contributed by atoms with Crippen molar-refractivity contribution in [2.45, 2.75) is 31.9 Å². The van der Waals surface area contributed by atoms with E-state index in [2.05, 4.69) is 46.3 Å². The Morgan fingerprint density at radius 1 is 1.03 bits per heavy atom. The van der Waals surface area contributed by atoms with Gasteiger partial charge < -0.3 is 24.6 Å². The van der Waals surface area contributed by atoms with Gasteiger partial charge in [-0.25, -0.2) is 0 Å². The van der Waals surface area contributed by atoms with Crippen molar-refractivity contribution >= 4 is 29.9 Å². The SMILES string of the molecule is CN=C(NCc1ccc(OCCCN(C)C)cc1)N1CCC(Oc2ccccc2)CC1.I. The minimum atomic E-state index is 0. The van der Waals surface area contributed by atoms with Crippen molar-refractivity contribution in [3.8, 4) is 11.5 Å². The Labute approximate surface area is 210 Å². The van der Waals surface area contributed by atoms with E-state index in [1.165, 1.54) is 5.56 Å². The van der Waals surface area contributed by atoms with Crippen LogP contribution in [0.2, 0.25) is 0 Å². The molecule has 0 aliphatic carbocycles. The minimum Gasteiger partial charge on any atom is -0.494 e. The van der Waals surface area contributed by atoms with Gasteiger partial charge in [-0.15, -0.1) is 24.0 Å². The summed E-state index contributed by atoms with van der Waals surface area (Å²) in [7, 11) is 6.01. The second-order valence-corrected chi connectivity index (χ2v) is 8.17. The highest BCUT2D eigenvalue weighted by Crippen LogP contribution is 2.19. The van der Waals surface area contributed by atoms with Crippen molar-refractivity contribution in [2.75, 3.05) is 47.4 Å². The lowest BCUT2D eigenvalue weighted by molar-refractivity contribution is 0.129. The number of para-hydroxylation sites is 1. The van der Waals surface area contributed by atoms with E-state index in [0.29, 0.717) is 0 Å². The molecule has 2 aromatic rings. The lowest BCUT2D eigenvalue weighted by atomic mass is 10.1. The fourth-order valence-electron chi connectivity index (χ4n) is 3.66. The second-order valence-electron chi connectivity index (χ2n) is 8.17. The summed E-state index contributed by atoms with van der Waals surface area (Å²) in [4.78, 5) is 8.96. The number of likely N-dealkylation sites (tertiary alicyclic amines) is 1. The van der Waals surface area contributed by atoms with Crippen LogP contribution in [0.1, 0.15) is 24.8 Å². The summed E-state index contributed by atoms with van der Waals surface area (Å²) in [6, 6.07) is 18.4. The van der Waals surface area contributed by atoms with E-state index in [1.807, 2.05) is 49.5 Å². The van der Waals surface area contributed by atoms with Crippen molar-refractivity contribution in [3.63, 3.8) is 0 Å². The predicted octanol–water partition coefficient (Wildman–Crippen LogP) is 4.25. The molecule has 3 rings (SSSR count). The number of ether oxygens (including phenoxy) is 2. The van der Waals surface area contributed by atoms with E-state index < -0.39 is 0 Å². The van der Waals surface area contributed by atoms with Crippen LogP contribution in [0.3, 0.4) is 0 Å². The first-order chi connectivity index (χ1) is 15.1. The Morgan fingerprint density at radius 3 is 2.34 bits per heavy atom. The number of benzene rings is 2. The molecule has 2 aromatic carbocycles. The molecule has 176 valence electrons. The summed E-state index contributed by atoms with van der Waals surface area (Å²) in [6.45, 7) is 4.41. The van der Waals surface area contributed by atoms with Gasteiger partial charge >= 0.3 is 0 Å². The van der Waals surface area contributed by atoms with E-state index in [9.17, 15) is 0 Å². The van der Waals surface area contributed by atoms with E-state index in [0.717, 1.165) is 69.5 Å². The molecule has 1 fully saturated rings. The molecule has 7 heteroatoms. The normalized spacial score (nSPS) is 14.8. The van der Waals surface area contributed by atoms with Gasteiger partial charge in [0.2, 0.25) is 0 Å². The third-order valence-corrected chi connectivity index (χ3v) is 5.39. The van der Waals surface area contributed by atoms with Crippen LogP contribution in [-0.4, -0.2) is 69.2 Å². The lowest BCUT2D eigenvalue weighted by Crippen LogP contribution is -2.47. The van der Waals surface area contributed by atoms with Gasteiger partial charge in [0.25, 0.3) is 0 Å². The number of guanidine groups is 1. The molecule has 1 heterocycles. The van der Waals surface area contributed by atoms with Crippen molar-refractivity contribution in [1.82, 2.24) is 15.1 Å². The maximum absolute atomic E-state index is 6.10. The first-order valence-electron chi connectivity index (χ1n) is 11.2. The molecule has 0 aromatic heterocycles. The summed E-state index contributed by atoms with van der Waals surface area (Å²) < 4.78 is 11.9. The molecule has 0 saturated carbocycles. The number of aliphatic imine (C=N–C) groups is 1. The van der Waals surface area contributed by atoms with E-state index in [4.69, 9.17) is 9.47 Å². The van der Waals surface area contributed by atoms with Gasteiger partial charge in [-0.3, -0.25) is 4.99 Å². The minimum absolute atomic E-state index is 0. The van der Waals surface area contributed by atoms with Crippen molar-refractivity contribution < 1.29 is 9.47 Å².